The van der Waals surface area contributed by atoms with Gasteiger partial charge >= 0.3 is 5.97 Å². The number of aromatic carboxylic acids is 1. The molecule has 1 heterocycles. The molecule has 2 aromatic rings. The Bertz CT molecular complexity index is 671. The number of aliphatic hydroxyl groups is 1. The van der Waals surface area contributed by atoms with E-state index < -0.39 is 5.97 Å². The zero-order valence-electron chi connectivity index (χ0n) is 11.5. The van der Waals surface area contributed by atoms with Crippen LogP contribution in [0.25, 0.3) is 11.0 Å². The van der Waals surface area contributed by atoms with E-state index >= 15 is 0 Å². The summed E-state index contributed by atoms with van der Waals surface area (Å²) in [5, 5.41) is 19.0. The quantitative estimate of drug-likeness (QED) is 0.876. The lowest BCUT2D eigenvalue weighted by molar-refractivity contribution is 0.0699. The summed E-state index contributed by atoms with van der Waals surface area (Å²) >= 11 is 0. The van der Waals surface area contributed by atoms with Gasteiger partial charge in [0.15, 0.2) is 0 Å². The lowest BCUT2D eigenvalue weighted by Crippen LogP contribution is -2.23. The molecule has 5 heteroatoms. The molecule has 1 aliphatic rings. The largest absolute Gasteiger partial charge is 0.478 e. The van der Waals surface area contributed by atoms with Gasteiger partial charge in [-0.05, 0) is 31.4 Å². The van der Waals surface area contributed by atoms with E-state index in [0.29, 0.717) is 5.52 Å². The first-order valence-electron chi connectivity index (χ1n) is 6.98. The van der Waals surface area contributed by atoms with E-state index in [1.807, 2.05) is 6.07 Å². The molecular formula is C15H18N2O3. The topological polar surface area (TPSA) is 75.3 Å². The van der Waals surface area contributed by atoms with Crippen LogP contribution < -0.4 is 0 Å². The second-order valence-electron chi connectivity index (χ2n) is 5.47. The highest BCUT2D eigenvalue weighted by atomic mass is 16.4. The smallest absolute Gasteiger partial charge is 0.337 e. The molecule has 5 nitrogen and oxygen atoms in total. The predicted molar refractivity (Wildman–Crippen MR) is 75.0 cm³/mol. The summed E-state index contributed by atoms with van der Waals surface area (Å²) in [7, 11) is 0. The second-order valence-corrected chi connectivity index (χ2v) is 5.47. The van der Waals surface area contributed by atoms with E-state index in [0.717, 1.165) is 37.0 Å². The normalized spacial score (nSPS) is 16.5. The van der Waals surface area contributed by atoms with Crippen LogP contribution in [0.3, 0.4) is 0 Å². The molecule has 1 saturated carbocycles. The van der Waals surface area contributed by atoms with Crippen molar-refractivity contribution < 1.29 is 15.0 Å². The highest BCUT2D eigenvalue weighted by Crippen LogP contribution is 2.46. The zero-order chi connectivity index (χ0) is 14.3. The Balaban J connectivity index is 2.28. The Labute approximate surface area is 116 Å². The van der Waals surface area contributed by atoms with Crippen molar-refractivity contribution in [2.45, 2.75) is 38.1 Å². The van der Waals surface area contributed by atoms with E-state index in [9.17, 15) is 15.0 Å². The maximum absolute atomic E-state index is 11.3. The molecule has 106 valence electrons. The number of rotatable bonds is 5. The highest BCUT2D eigenvalue weighted by molar-refractivity contribution is 6.01. The number of aromatic nitrogens is 2. The molecule has 2 N–H and O–H groups in total. The van der Waals surface area contributed by atoms with Crippen LogP contribution in [-0.2, 0) is 12.0 Å². The average molecular weight is 274 g/mol. The SMILES string of the molecule is CCCc1nc2c(C(=O)O)cccc2n1C1(CO)CC1. The Morgan fingerprint density at radius 1 is 1.45 bits per heavy atom. The van der Waals surface area contributed by atoms with Gasteiger partial charge in [0.25, 0.3) is 0 Å². The Kier molecular flexibility index (Phi) is 3.01. The fraction of sp³-hybridized carbons (Fsp3) is 0.467. The van der Waals surface area contributed by atoms with E-state index in [1.165, 1.54) is 0 Å². The molecule has 0 saturated heterocycles. The van der Waals surface area contributed by atoms with Gasteiger partial charge in [-0.3, -0.25) is 0 Å². The average Bonchev–Trinajstić information content (AvgIpc) is 3.13. The molecule has 0 bridgehead atoms. The zero-order valence-corrected chi connectivity index (χ0v) is 11.5. The fourth-order valence-corrected chi connectivity index (χ4v) is 2.84. The van der Waals surface area contributed by atoms with E-state index in [1.54, 1.807) is 12.1 Å². The van der Waals surface area contributed by atoms with Gasteiger partial charge in [0.1, 0.15) is 11.3 Å². The van der Waals surface area contributed by atoms with Crippen molar-refractivity contribution in [3.8, 4) is 0 Å². The number of fused-ring (bicyclic) bond motifs is 1. The minimum Gasteiger partial charge on any atom is -0.478 e. The minimum atomic E-state index is -0.961. The third-order valence-corrected chi connectivity index (χ3v) is 4.05. The summed E-state index contributed by atoms with van der Waals surface area (Å²) in [6, 6.07) is 5.22. The van der Waals surface area contributed by atoms with Crippen molar-refractivity contribution in [1.29, 1.82) is 0 Å². The first-order chi connectivity index (χ1) is 9.63. The monoisotopic (exact) mass is 274 g/mol. The van der Waals surface area contributed by atoms with Gasteiger partial charge in [0, 0.05) is 6.42 Å². The summed E-state index contributed by atoms with van der Waals surface area (Å²) in [4.78, 5) is 15.9. The maximum Gasteiger partial charge on any atom is 0.337 e. The first-order valence-corrected chi connectivity index (χ1v) is 6.98. The Morgan fingerprint density at radius 2 is 2.20 bits per heavy atom. The van der Waals surface area contributed by atoms with Crippen LogP contribution in [0.1, 0.15) is 42.4 Å². The Hall–Kier alpha value is -1.88. The van der Waals surface area contributed by atoms with E-state index in [2.05, 4.69) is 16.5 Å². The summed E-state index contributed by atoms with van der Waals surface area (Å²) in [5.74, 6) is -0.0834. The molecule has 20 heavy (non-hydrogen) atoms. The number of carbonyl (C=O) groups is 1. The molecule has 1 aromatic heterocycles. The summed E-state index contributed by atoms with van der Waals surface area (Å²) in [6.07, 6.45) is 3.56. The van der Waals surface area contributed by atoms with Crippen LogP contribution in [0.15, 0.2) is 18.2 Å². The Morgan fingerprint density at radius 3 is 2.75 bits per heavy atom. The summed E-state index contributed by atoms with van der Waals surface area (Å²) in [5.41, 5.74) is 1.31. The lowest BCUT2D eigenvalue weighted by atomic mass is 10.1. The van der Waals surface area contributed by atoms with Gasteiger partial charge in [-0.25, -0.2) is 9.78 Å². The van der Waals surface area contributed by atoms with Crippen LogP contribution >= 0.6 is 0 Å². The van der Waals surface area contributed by atoms with Crippen LogP contribution in [-0.4, -0.2) is 32.3 Å². The fourth-order valence-electron chi connectivity index (χ4n) is 2.84. The number of nitrogens with zero attached hydrogens (tertiary/aromatic N) is 2. The summed E-state index contributed by atoms with van der Waals surface area (Å²) in [6.45, 7) is 2.15. The van der Waals surface area contributed by atoms with Crippen molar-refractivity contribution in [2.75, 3.05) is 6.61 Å². The first kappa shape index (κ1) is 13.1. The highest BCUT2D eigenvalue weighted by Gasteiger charge is 2.46. The number of aliphatic hydroxyl groups excluding tert-OH is 1. The number of hydrogen-bond donors (Lipinski definition) is 2. The molecule has 0 radical (unpaired) electrons. The van der Waals surface area contributed by atoms with Gasteiger partial charge in [0.2, 0.25) is 0 Å². The molecular weight excluding hydrogens is 256 g/mol. The van der Waals surface area contributed by atoms with E-state index in [-0.39, 0.29) is 17.7 Å². The van der Waals surface area contributed by atoms with Gasteiger partial charge < -0.3 is 14.8 Å². The summed E-state index contributed by atoms with van der Waals surface area (Å²) < 4.78 is 2.07. The number of aryl methyl sites for hydroxylation is 1. The van der Waals surface area contributed by atoms with Gasteiger partial charge in [-0.1, -0.05) is 13.0 Å². The van der Waals surface area contributed by atoms with Gasteiger partial charge in [-0.2, -0.15) is 0 Å². The minimum absolute atomic E-state index is 0.0759. The maximum atomic E-state index is 11.3. The van der Waals surface area contributed by atoms with Crippen LogP contribution in [0.5, 0.6) is 0 Å². The second kappa shape index (κ2) is 4.59. The number of benzene rings is 1. The number of carboxylic acids is 1. The molecule has 0 atom stereocenters. The van der Waals surface area contributed by atoms with Crippen molar-refractivity contribution in [3.63, 3.8) is 0 Å². The number of imidazole rings is 1. The molecule has 3 rings (SSSR count). The van der Waals surface area contributed by atoms with Crippen molar-refractivity contribution in [1.82, 2.24) is 9.55 Å². The molecule has 0 aliphatic heterocycles. The van der Waals surface area contributed by atoms with Gasteiger partial charge in [-0.15, -0.1) is 0 Å². The standard InChI is InChI=1S/C15H18N2O3/c1-2-4-12-16-13-10(14(19)20)5-3-6-11(13)17(12)15(9-18)7-8-15/h3,5-6,18H,2,4,7-9H2,1H3,(H,19,20). The molecule has 1 aliphatic carbocycles. The molecule has 1 fully saturated rings. The number of para-hydroxylation sites is 1. The van der Waals surface area contributed by atoms with Crippen LogP contribution in [0.2, 0.25) is 0 Å². The van der Waals surface area contributed by atoms with Crippen molar-refractivity contribution in [2.24, 2.45) is 0 Å². The molecule has 0 spiro atoms. The third kappa shape index (κ3) is 1.81. The van der Waals surface area contributed by atoms with Crippen LogP contribution in [0, 0.1) is 0 Å². The van der Waals surface area contributed by atoms with Gasteiger partial charge in [0.05, 0.1) is 23.2 Å². The predicted octanol–water partition coefficient (Wildman–Crippen LogP) is 2.17. The van der Waals surface area contributed by atoms with Crippen molar-refractivity contribution in [3.05, 3.63) is 29.6 Å². The lowest BCUT2D eigenvalue weighted by Gasteiger charge is -2.18. The number of carboxylic acid groups (broad SMARTS) is 1. The third-order valence-electron chi connectivity index (χ3n) is 4.05. The van der Waals surface area contributed by atoms with Crippen LogP contribution in [0.4, 0.5) is 0 Å². The van der Waals surface area contributed by atoms with Crippen molar-refractivity contribution >= 4 is 17.0 Å². The van der Waals surface area contributed by atoms with E-state index in [4.69, 9.17) is 0 Å². The molecule has 0 amide bonds. The molecule has 0 unspecified atom stereocenters. The molecule has 1 aromatic carbocycles. The number of hydrogen-bond acceptors (Lipinski definition) is 3.